The summed E-state index contributed by atoms with van der Waals surface area (Å²) >= 11 is 12.4. The predicted octanol–water partition coefficient (Wildman–Crippen LogP) is 5.52. The average molecular weight is 637 g/mol. The van der Waals surface area contributed by atoms with E-state index >= 15 is 0 Å². The summed E-state index contributed by atoms with van der Waals surface area (Å²) in [6, 6.07) is 10.9. The highest BCUT2D eigenvalue weighted by molar-refractivity contribution is 6.39. The summed E-state index contributed by atoms with van der Waals surface area (Å²) < 4.78 is 13.2. The van der Waals surface area contributed by atoms with Crippen LogP contribution >= 0.6 is 23.2 Å². The van der Waals surface area contributed by atoms with Gasteiger partial charge in [0.2, 0.25) is 5.43 Å². The lowest BCUT2D eigenvalue weighted by molar-refractivity contribution is 0.0173. The minimum Gasteiger partial charge on any atom is -0.459 e. The van der Waals surface area contributed by atoms with Gasteiger partial charge in [-0.2, -0.15) is 0 Å². The Kier molecular flexibility index (Phi) is 9.22. The molecule has 10 nitrogen and oxygen atoms in total. The van der Waals surface area contributed by atoms with Gasteiger partial charge >= 0.3 is 5.97 Å². The first-order valence-electron chi connectivity index (χ1n) is 14.6. The lowest BCUT2D eigenvalue weighted by Crippen LogP contribution is -2.35. The number of rotatable bonds is 7. The van der Waals surface area contributed by atoms with Crippen LogP contribution in [0.1, 0.15) is 58.0 Å². The topological polar surface area (TPSA) is 116 Å². The van der Waals surface area contributed by atoms with Gasteiger partial charge in [-0.05, 0) is 55.5 Å². The zero-order valence-electron chi connectivity index (χ0n) is 23.9. The van der Waals surface area contributed by atoms with Crippen molar-refractivity contribution in [2.24, 2.45) is 0 Å². The summed E-state index contributed by atoms with van der Waals surface area (Å²) in [5.41, 5.74) is 1.84. The van der Waals surface area contributed by atoms with E-state index in [0.29, 0.717) is 42.3 Å². The van der Waals surface area contributed by atoms with Gasteiger partial charge in [-0.3, -0.25) is 19.5 Å². The van der Waals surface area contributed by atoms with Crippen molar-refractivity contribution in [1.29, 1.82) is 0 Å². The fourth-order valence-corrected chi connectivity index (χ4v) is 6.22. The minimum atomic E-state index is -0.636. The van der Waals surface area contributed by atoms with Gasteiger partial charge in [0.15, 0.2) is 0 Å². The quantitative estimate of drug-likeness (QED) is 0.264. The number of morpholine rings is 1. The molecule has 1 N–H and O–H groups in total. The van der Waals surface area contributed by atoms with Crippen LogP contribution in [-0.2, 0) is 16.0 Å². The Balaban J connectivity index is 1.13. The van der Waals surface area contributed by atoms with Crippen molar-refractivity contribution in [1.82, 2.24) is 19.4 Å². The molecular weight excluding hydrogens is 605 g/mol. The lowest BCUT2D eigenvalue weighted by Gasteiger charge is -2.31. The molecule has 0 atom stereocenters. The van der Waals surface area contributed by atoms with E-state index in [1.807, 2.05) is 28.8 Å². The highest BCUT2D eigenvalue weighted by atomic mass is 35.5. The van der Waals surface area contributed by atoms with Crippen molar-refractivity contribution < 1.29 is 19.1 Å². The number of esters is 1. The summed E-state index contributed by atoms with van der Waals surface area (Å²) in [7, 11) is 0. The molecule has 4 heterocycles. The number of fused-ring (bicyclic) bond motifs is 1. The predicted molar refractivity (Wildman–Crippen MR) is 167 cm³/mol. The number of pyridine rings is 3. The number of carbonyl (C=O) groups is 2. The third kappa shape index (κ3) is 6.63. The maximum absolute atomic E-state index is 13.3. The number of ether oxygens (including phenoxy) is 2. The minimum absolute atomic E-state index is 0.0536. The van der Waals surface area contributed by atoms with Crippen molar-refractivity contribution in [2.45, 2.75) is 44.4 Å². The summed E-state index contributed by atoms with van der Waals surface area (Å²) in [6.07, 6.45) is 8.27. The van der Waals surface area contributed by atoms with Crippen molar-refractivity contribution in [2.75, 3.05) is 31.6 Å². The van der Waals surface area contributed by atoms with E-state index in [-0.39, 0.29) is 39.4 Å². The Morgan fingerprint density at radius 2 is 1.70 bits per heavy atom. The smallest absolute Gasteiger partial charge is 0.338 e. The first-order valence-corrected chi connectivity index (χ1v) is 15.3. The van der Waals surface area contributed by atoms with Gasteiger partial charge in [-0.25, -0.2) is 9.78 Å². The van der Waals surface area contributed by atoms with Gasteiger partial charge < -0.3 is 19.4 Å². The van der Waals surface area contributed by atoms with Gasteiger partial charge in [0.25, 0.3) is 5.91 Å². The molecule has 44 heavy (non-hydrogen) atoms. The van der Waals surface area contributed by atoms with Crippen LogP contribution in [-0.4, -0.2) is 63.7 Å². The van der Waals surface area contributed by atoms with Crippen LogP contribution in [0.3, 0.4) is 0 Å². The van der Waals surface area contributed by atoms with Crippen molar-refractivity contribution >= 4 is 51.8 Å². The van der Waals surface area contributed by atoms with Gasteiger partial charge in [0, 0.05) is 50.5 Å². The first kappa shape index (κ1) is 30.2. The maximum atomic E-state index is 13.3. The average Bonchev–Trinajstić information content (AvgIpc) is 3.04. The third-order valence-electron chi connectivity index (χ3n) is 8.14. The standard InChI is InChI=1S/C32H31Cl2N5O5/c33-26-16-35-17-27(34)28(26)37-31(41)25-19-39(30-24(29(25)40)2-1-11-36-30)22-7-9-23(10-8-22)44-32(42)21-5-3-20(4-6-21)18-38-12-14-43-15-13-38/h1-6,11,16-17,19,22-23H,7-10,12-15,18H2,(H,35,37,41)/t22-,23-. The zero-order chi connectivity index (χ0) is 30.6. The van der Waals surface area contributed by atoms with E-state index in [9.17, 15) is 14.4 Å². The van der Waals surface area contributed by atoms with Crippen LogP contribution < -0.4 is 10.7 Å². The third-order valence-corrected chi connectivity index (χ3v) is 8.71. The molecule has 1 saturated carbocycles. The Morgan fingerprint density at radius 3 is 2.41 bits per heavy atom. The number of hydrogen-bond acceptors (Lipinski definition) is 8. The molecule has 4 aromatic rings. The fraction of sp³-hybridized carbons (Fsp3) is 0.344. The number of benzene rings is 1. The van der Waals surface area contributed by atoms with E-state index in [4.69, 9.17) is 32.7 Å². The van der Waals surface area contributed by atoms with Crippen molar-refractivity contribution in [3.8, 4) is 0 Å². The Bertz CT molecular complexity index is 1710. The largest absolute Gasteiger partial charge is 0.459 e. The second-order valence-electron chi connectivity index (χ2n) is 11.0. The van der Waals surface area contributed by atoms with Crippen LogP contribution in [0.15, 0.2) is 66.0 Å². The van der Waals surface area contributed by atoms with Crippen LogP contribution in [0.4, 0.5) is 5.69 Å². The molecule has 228 valence electrons. The highest BCUT2D eigenvalue weighted by Crippen LogP contribution is 2.33. The van der Waals surface area contributed by atoms with Crippen LogP contribution in [0, 0.1) is 0 Å². The summed E-state index contributed by atoms with van der Waals surface area (Å²) in [4.78, 5) is 50.3. The molecule has 1 saturated heterocycles. The Hall–Kier alpha value is -3.83. The Labute approximate surface area is 263 Å². The molecule has 12 heteroatoms. The van der Waals surface area contributed by atoms with Crippen LogP contribution in [0.25, 0.3) is 11.0 Å². The fourth-order valence-electron chi connectivity index (χ4n) is 5.76. The summed E-state index contributed by atoms with van der Waals surface area (Å²) in [6.45, 7) is 4.12. The number of nitrogens with zero attached hydrogens (tertiary/aromatic N) is 4. The maximum Gasteiger partial charge on any atom is 0.338 e. The monoisotopic (exact) mass is 635 g/mol. The van der Waals surface area contributed by atoms with E-state index in [0.717, 1.165) is 38.4 Å². The van der Waals surface area contributed by atoms with Gasteiger partial charge in [0.05, 0.1) is 39.9 Å². The Morgan fingerprint density at radius 1 is 1.00 bits per heavy atom. The number of aromatic nitrogens is 3. The number of nitrogens with one attached hydrogen (secondary N) is 1. The molecule has 0 unspecified atom stereocenters. The lowest BCUT2D eigenvalue weighted by atomic mass is 9.92. The molecule has 2 aliphatic rings. The number of amides is 1. The van der Waals surface area contributed by atoms with Gasteiger partial charge in [-0.1, -0.05) is 35.3 Å². The highest BCUT2D eigenvalue weighted by Gasteiger charge is 2.28. The van der Waals surface area contributed by atoms with Crippen LogP contribution in [0.2, 0.25) is 10.0 Å². The summed E-state index contributed by atoms with van der Waals surface area (Å²) in [5, 5.41) is 3.30. The normalized spacial score (nSPS) is 19.0. The molecule has 2 fully saturated rings. The molecular formula is C32H31Cl2N5O5. The molecule has 1 aliphatic heterocycles. The number of carbonyl (C=O) groups excluding carboxylic acids is 2. The van der Waals surface area contributed by atoms with Crippen LogP contribution in [0.5, 0.6) is 0 Å². The molecule has 1 amide bonds. The molecule has 0 radical (unpaired) electrons. The number of halogens is 2. The van der Waals surface area contributed by atoms with Gasteiger partial charge in [0.1, 0.15) is 17.3 Å². The SMILES string of the molecule is O=C(O[C@H]1CC[C@H](n2cc(C(=O)Nc3c(Cl)cncc3Cl)c(=O)c3cccnc32)CC1)c1ccc(CN2CCOCC2)cc1. The van der Waals surface area contributed by atoms with Crippen molar-refractivity contribution in [3.63, 3.8) is 0 Å². The molecule has 3 aromatic heterocycles. The molecule has 1 aliphatic carbocycles. The van der Waals surface area contributed by atoms with E-state index in [1.54, 1.807) is 24.5 Å². The van der Waals surface area contributed by atoms with E-state index in [1.165, 1.54) is 12.4 Å². The van der Waals surface area contributed by atoms with Gasteiger partial charge in [-0.15, -0.1) is 0 Å². The first-order chi connectivity index (χ1) is 21.4. The second-order valence-corrected chi connectivity index (χ2v) is 11.8. The van der Waals surface area contributed by atoms with Crippen molar-refractivity contribution in [3.05, 3.63) is 98.1 Å². The molecule has 6 rings (SSSR count). The molecule has 0 spiro atoms. The number of anilines is 1. The molecule has 0 bridgehead atoms. The van der Waals surface area contributed by atoms with E-state index in [2.05, 4.69) is 20.2 Å². The van der Waals surface area contributed by atoms with E-state index < -0.39 is 11.3 Å². The summed E-state index contributed by atoms with van der Waals surface area (Å²) in [5.74, 6) is -0.975. The molecule has 1 aromatic carbocycles. The second kappa shape index (κ2) is 13.4. The zero-order valence-corrected chi connectivity index (χ0v) is 25.4. The number of hydrogen-bond donors (Lipinski definition) is 1.